The van der Waals surface area contributed by atoms with Crippen LogP contribution in [0.1, 0.15) is 36.3 Å². The average Bonchev–Trinajstić information content (AvgIpc) is 2.93. The van der Waals surface area contributed by atoms with E-state index in [1.54, 1.807) is 11.3 Å². The summed E-state index contributed by atoms with van der Waals surface area (Å²) in [6, 6.07) is 0.691. The SMILES string of the molecule is Cc1nc2scc(C)n2c1CNCC1CCCCN1C. The molecule has 3 heterocycles. The lowest BCUT2D eigenvalue weighted by Crippen LogP contribution is -2.43. The van der Waals surface area contributed by atoms with Crippen LogP contribution in [-0.2, 0) is 6.54 Å². The number of hydrogen-bond donors (Lipinski definition) is 1. The predicted molar refractivity (Wildman–Crippen MR) is 84.5 cm³/mol. The Morgan fingerprint density at radius 3 is 3.05 bits per heavy atom. The normalized spacial score (nSPS) is 20.9. The van der Waals surface area contributed by atoms with Crippen LogP contribution in [0.25, 0.3) is 4.96 Å². The number of likely N-dealkylation sites (tertiary alicyclic amines) is 1. The second kappa shape index (κ2) is 5.84. The van der Waals surface area contributed by atoms with Crippen molar-refractivity contribution < 1.29 is 0 Å². The molecule has 5 heteroatoms. The Hall–Kier alpha value is -0.910. The van der Waals surface area contributed by atoms with E-state index in [0.29, 0.717) is 6.04 Å². The number of hydrogen-bond acceptors (Lipinski definition) is 4. The van der Waals surface area contributed by atoms with E-state index in [9.17, 15) is 0 Å². The zero-order chi connectivity index (χ0) is 14.1. The van der Waals surface area contributed by atoms with Gasteiger partial charge in [0.2, 0.25) is 0 Å². The lowest BCUT2D eigenvalue weighted by Gasteiger charge is -2.32. The monoisotopic (exact) mass is 292 g/mol. The fourth-order valence-electron chi connectivity index (χ4n) is 3.13. The minimum atomic E-state index is 0.691. The molecule has 0 bridgehead atoms. The van der Waals surface area contributed by atoms with Crippen LogP contribution in [0.5, 0.6) is 0 Å². The molecule has 0 saturated carbocycles. The summed E-state index contributed by atoms with van der Waals surface area (Å²) in [7, 11) is 2.25. The van der Waals surface area contributed by atoms with E-state index in [0.717, 1.165) is 23.7 Å². The van der Waals surface area contributed by atoms with Crippen molar-refractivity contribution >= 4 is 16.3 Å². The van der Waals surface area contributed by atoms with Gasteiger partial charge in [0.15, 0.2) is 4.96 Å². The highest BCUT2D eigenvalue weighted by Crippen LogP contribution is 2.20. The number of aromatic nitrogens is 2. The zero-order valence-electron chi connectivity index (χ0n) is 12.6. The predicted octanol–water partition coefficient (Wildman–Crippen LogP) is 2.59. The fourth-order valence-corrected chi connectivity index (χ4v) is 4.07. The summed E-state index contributed by atoms with van der Waals surface area (Å²) in [6.07, 6.45) is 4.04. The number of nitrogens with one attached hydrogen (secondary N) is 1. The van der Waals surface area contributed by atoms with E-state index in [1.165, 1.54) is 37.2 Å². The van der Waals surface area contributed by atoms with Gasteiger partial charge in [-0.25, -0.2) is 4.98 Å². The molecule has 0 radical (unpaired) electrons. The lowest BCUT2D eigenvalue weighted by molar-refractivity contribution is 0.181. The highest BCUT2D eigenvalue weighted by Gasteiger charge is 2.19. The van der Waals surface area contributed by atoms with Crippen LogP contribution in [-0.4, -0.2) is 40.5 Å². The first-order chi connectivity index (χ1) is 9.66. The van der Waals surface area contributed by atoms with E-state index in [1.807, 2.05) is 0 Å². The summed E-state index contributed by atoms with van der Waals surface area (Å²) in [4.78, 5) is 8.25. The van der Waals surface area contributed by atoms with Crippen LogP contribution in [0.4, 0.5) is 0 Å². The van der Waals surface area contributed by atoms with Crippen molar-refractivity contribution in [3.05, 3.63) is 22.5 Å². The average molecular weight is 292 g/mol. The number of thiazole rings is 1. The van der Waals surface area contributed by atoms with Gasteiger partial charge >= 0.3 is 0 Å². The molecule has 2 aromatic rings. The molecule has 4 nitrogen and oxygen atoms in total. The number of fused-ring (bicyclic) bond motifs is 1. The minimum absolute atomic E-state index is 0.691. The molecule has 2 aromatic heterocycles. The van der Waals surface area contributed by atoms with Gasteiger partial charge in [-0.2, -0.15) is 0 Å². The molecule has 1 saturated heterocycles. The van der Waals surface area contributed by atoms with Crippen molar-refractivity contribution in [3.8, 4) is 0 Å². The quantitative estimate of drug-likeness (QED) is 0.940. The smallest absolute Gasteiger partial charge is 0.194 e. The maximum atomic E-state index is 4.65. The molecule has 1 aliphatic heterocycles. The Balaban J connectivity index is 1.65. The highest BCUT2D eigenvalue weighted by molar-refractivity contribution is 7.15. The largest absolute Gasteiger partial charge is 0.310 e. The molecule has 20 heavy (non-hydrogen) atoms. The third-order valence-corrected chi connectivity index (χ3v) is 5.37. The maximum absolute atomic E-state index is 4.65. The molecule has 1 unspecified atom stereocenters. The van der Waals surface area contributed by atoms with E-state index in [2.05, 4.69) is 45.9 Å². The molecular weight excluding hydrogens is 268 g/mol. The van der Waals surface area contributed by atoms with Crippen LogP contribution in [0.15, 0.2) is 5.38 Å². The lowest BCUT2D eigenvalue weighted by atomic mass is 10.0. The second-order valence-electron chi connectivity index (χ2n) is 5.90. The Morgan fingerprint density at radius 1 is 1.40 bits per heavy atom. The van der Waals surface area contributed by atoms with Crippen LogP contribution in [0.3, 0.4) is 0 Å². The molecule has 0 aromatic carbocycles. The van der Waals surface area contributed by atoms with Crippen molar-refractivity contribution in [2.24, 2.45) is 0 Å². The third-order valence-electron chi connectivity index (χ3n) is 4.42. The molecular formula is C15H24N4S. The number of imidazole rings is 1. The van der Waals surface area contributed by atoms with E-state index >= 15 is 0 Å². The number of nitrogens with zero attached hydrogens (tertiary/aromatic N) is 3. The van der Waals surface area contributed by atoms with Gasteiger partial charge in [0.25, 0.3) is 0 Å². The van der Waals surface area contributed by atoms with Crippen LogP contribution >= 0.6 is 11.3 Å². The first-order valence-corrected chi connectivity index (χ1v) is 8.37. The van der Waals surface area contributed by atoms with Gasteiger partial charge in [0.05, 0.1) is 11.4 Å². The zero-order valence-corrected chi connectivity index (χ0v) is 13.5. The van der Waals surface area contributed by atoms with Gasteiger partial charge in [0.1, 0.15) is 0 Å². The van der Waals surface area contributed by atoms with Crippen LogP contribution in [0.2, 0.25) is 0 Å². The third kappa shape index (κ3) is 2.62. The molecule has 1 aliphatic rings. The van der Waals surface area contributed by atoms with Gasteiger partial charge in [-0.1, -0.05) is 6.42 Å². The fraction of sp³-hybridized carbons (Fsp3) is 0.667. The molecule has 0 spiro atoms. The standard InChI is InChI=1S/C15H24N4S/c1-11-10-20-15-17-12(2)14(19(11)15)9-16-8-13-6-4-5-7-18(13)3/h10,13,16H,4-9H2,1-3H3. The molecule has 1 N–H and O–H groups in total. The van der Waals surface area contributed by atoms with Crippen molar-refractivity contribution in [1.29, 1.82) is 0 Å². The summed E-state index contributed by atoms with van der Waals surface area (Å²) in [6.45, 7) is 7.50. The Morgan fingerprint density at radius 2 is 2.25 bits per heavy atom. The minimum Gasteiger partial charge on any atom is -0.310 e. The van der Waals surface area contributed by atoms with Gasteiger partial charge in [0, 0.05) is 30.2 Å². The molecule has 1 fully saturated rings. The molecule has 3 rings (SSSR count). The maximum Gasteiger partial charge on any atom is 0.194 e. The van der Waals surface area contributed by atoms with Gasteiger partial charge in [-0.15, -0.1) is 11.3 Å². The van der Waals surface area contributed by atoms with Crippen molar-refractivity contribution in [2.45, 2.75) is 45.7 Å². The first kappa shape index (κ1) is 14.0. The first-order valence-electron chi connectivity index (χ1n) is 7.50. The van der Waals surface area contributed by atoms with E-state index in [4.69, 9.17) is 0 Å². The van der Waals surface area contributed by atoms with Gasteiger partial charge in [-0.3, -0.25) is 4.40 Å². The number of likely N-dealkylation sites (N-methyl/N-ethyl adjacent to an activating group) is 1. The topological polar surface area (TPSA) is 32.6 Å². The summed E-state index contributed by atoms with van der Waals surface area (Å²) in [5.41, 5.74) is 3.76. The van der Waals surface area contributed by atoms with Gasteiger partial charge in [-0.05, 0) is 40.3 Å². The van der Waals surface area contributed by atoms with Gasteiger partial charge < -0.3 is 10.2 Å². The second-order valence-corrected chi connectivity index (χ2v) is 6.74. The van der Waals surface area contributed by atoms with E-state index in [-0.39, 0.29) is 0 Å². The highest BCUT2D eigenvalue weighted by atomic mass is 32.1. The molecule has 0 amide bonds. The molecule has 110 valence electrons. The number of piperidine rings is 1. The van der Waals surface area contributed by atoms with E-state index < -0.39 is 0 Å². The Bertz CT molecular complexity index is 586. The summed E-state index contributed by atoms with van der Waals surface area (Å²) in [5, 5.41) is 5.82. The summed E-state index contributed by atoms with van der Waals surface area (Å²) in [5.74, 6) is 0. The van der Waals surface area contributed by atoms with Crippen molar-refractivity contribution in [2.75, 3.05) is 20.1 Å². The van der Waals surface area contributed by atoms with Crippen LogP contribution < -0.4 is 5.32 Å². The van der Waals surface area contributed by atoms with Crippen LogP contribution in [0, 0.1) is 13.8 Å². The van der Waals surface area contributed by atoms with Crippen molar-refractivity contribution in [3.63, 3.8) is 0 Å². The Labute approximate surface area is 124 Å². The molecule has 0 aliphatic carbocycles. The Kier molecular flexibility index (Phi) is 4.10. The number of aryl methyl sites for hydroxylation is 2. The van der Waals surface area contributed by atoms with Crippen molar-refractivity contribution in [1.82, 2.24) is 19.6 Å². The number of rotatable bonds is 4. The molecule has 1 atom stereocenters. The summed E-state index contributed by atoms with van der Waals surface area (Å²) >= 11 is 1.73. The summed E-state index contributed by atoms with van der Waals surface area (Å²) < 4.78 is 2.29.